The van der Waals surface area contributed by atoms with E-state index in [2.05, 4.69) is 21.6 Å². The van der Waals surface area contributed by atoms with Gasteiger partial charge in [0.05, 0.1) is 11.1 Å². The predicted octanol–water partition coefficient (Wildman–Crippen LogP) is 4.97. The van der Waals surface area contributed by atoms with Crippen LogP contribution >= 0.6 is 0 Å². The van der Waals surface area contributed by atoms with Gasteiger partial charge >= 0.3 is 6.18 Å². The molecule has 4 rings (SSSR count). The average Bonchev–Trinajstić information content (AvgIpc) is 3.14. The number of hydrogen-bond acceptors (Lipinski definition) is 7. The van der Waals surface area contributed by atoms with Crippen LogP contribution in [0.2, 0.25) is 0 Å². The van der Waals surface area contributed by atoms with E-state index in [0.717, 1.165) is 18.6 Å². The number of alkyl halides is 3. The minimum Gasteiger partial charge on any atom is -0.363 e. The SMILES string of the molecule is CC1CN(c2ncc(-c3cccc(C(F)(F)F)c3)cc2C(=O)NS(=O)(=O)c2cccc(N(C)C)n2)C(C)(C)C1. The number of nitrogens with zero attached hydrogens (tertiary/aromatic N) is 4. The second-order valence-corrected chi connectivity index (χ2v) is 12.2. The quantitative estimate of drug-likeness (QED) is 0.454. The van der Waals surface area contributed by atoms with E-state index >= 15 is 0 Å². The molecule has 1 aliphatic heterocycles. The van der Waals surface area contributed by atoms with Gasteiger partial charge in [0.2, 0.25) is 0 Å². The molecule has 1 aromatic carbocycles. The van der Waals surface area contributed by atoms with Crippen molar-refractivity contribution in [2.75, 3.05) is 30.4 Å². The van der Waals surface area contributed by atoms with Crippen LogP contribution in [-0.2, 0) is 16.2 Å². The zero-order valence-corrected chi connectivity index (χ0v) is 23.1. The molecule has 0 bridgehead atoms. The van der Waals surface area contributed by atoms with Gasteiger partial charge < -0.3 is 9.80 Å². The van der Waals surface area contributed by atoms with Crippen molar-refractivity contribution in [1.29, 1.82) is 0 Å². The van der Waals surface area contributed by atoms with E-state index in [-0.39, 0.29) is 39.0 Å². The van der Waals surface area contributed by atoms with E-state index in [1.807, 2.05) is 18.7 Å². The molecule has 1 saturated heterocycles. The Kier molecular flexibility index (Phi) is 7.37. The molecular formula is C27H30F3N5O3S. The highest BCUT2D eigenvalue weighted by Gasteiger charge is 2.39. The largest absolute Gasteiger partial charge is 0.416 e. The van der Waals surface area contributed by atoms with E-state index in [4.69, 9.17) is 0 Å². The van der Waals surface area contributed by atoms with Gasteiger partial charge in [0, 0.05) is 37.9 Å². The summed E-state index contributed by atoms with van der Waals surface area (Å²) in [7, 11) is -0.976. The first-order chi connectivity index (χ1) is 18.1. The van der Waals surface area contributed by atoms with Crippen LogP contribution in [0.25, 0.3) is 11.1 Å². The van der Waals surface area contributed by atoms with E-state index < -0.39 is 27.7 Å². The molecule has 208 valence electrons. The normalized spacial score (nSPS) is 17.2. The Hall–Kier alpha value is -3.67. The van der Waals surface area contributed by atoms with Crippen LogP contribution in [0.15, 0.2) is 59.8 Å². The second kappa shape index (κ2) is 10.1. The van der Waals surface area contributed by atoms with Crippen molar-refractivity contribution in [1.82, 2.24) is 14.7 Å². The molecule has 0 spiro atoms. The van der Waals surface area contributed by atoms with Crippen molar-refractivity contribution in [2.45, 2.75) is 43.9 Å². The fraction of sp³-hybridized carbons (Fsp3) is 0.370. The number of rotatable bonds is 6. The molecule has 0 aliphatic carbocycles. The molecule has 12 heteroatoms. The molecule has 0 saturated carbocycles. The molecule has 1 amide bonds. The fourth-order valence-electron chi connectivity index (χ4n) is 4.86. The molecule has 3 aromatic rings. The molecule has 3 heterocycles. The summed E-state index contributed by atoms with van der Waals surface area (Å²) in [5, 5.41) is -0.347. The van der Waals surface area contributed by atoms with Gasteiger partial charge in [0.15, 0.2) is 5.03 Å². The van der Waals surface area contributed by atoms with E-state index in [1.165, 1.54) is 36.5 Å². The van der Waals surface area contributed by atoms with Gasteiger partial charge in [-0.3, -0.25) is 4.79 Å². The summed E-state index contributed by atoms with van der Waals surface area (Å²) in [6, 6.07) is 10.4. The lowest BCUT2D eigenvalue weighted by Crippen LogP contribution is -2.41. The number of hydrogen-bond donors (Lipinski definition) is 1. The number of benzene rings is 1. The summed E-state index contributed by atoms with van der Waals surface area (Å²) >= 11 is 0. The molecule has 8 nitrogen and oxygen atoms in total. The topological polar surface area (TPSA) is 95.5 Å². The maximum atomic E-state index is 13.6. The van der Waals surface area contributed by atoms with Crippen molar-refractivity contribution in [2.24, 2.45) is 5.92 Å². The number of halogens is 3. The zero-order chi connectivity index (χ0) is 28.8. The summed E-state index contributed by atoms with van der Waals surface area (Å²) in [6.07, 6.45) is -2.34. The third-order valence-corrected chi connectivity index (χ3v) is 7.86. The van der Waals surface area contributed by atoms with Crippen molar-refractivity contribution in [3.05, 3.63) is 65.9 Å². The first-order valence-corrected chi connectivity index (χ1v) is 13.7. The average molecular weight is 562 g/mol. The maximum Gasteiger partial charge on any atom is 0.416 e. The van der Waals surface area contributed by atoms with Crippen LogP contribution < -0.4 is 14.5 Å². The number of amides is 1. The second-order valence-electron chi connectivity index (χ2n) is 10.6. The third kappa shape index (κ3) is 6.00. The van der Waals surface area contributed by atoms with Crippen molar-refractivity contribution >= 4 is 27.6 Å². The third-order valence-electron chi connectivity index (χ3n) is 6.63. The molecule has 2 aromatic heterocycles. The number of carbonyl (C=O) groups is 1. The number of nitrogens with one attached hydrogen (secondary N) is 1. The first-order valence-electron chi connectivity index (χ1n) is 12.3. The number of anilines is 2. The maximum absolute atomic E-state index is 13.6. The van der Waals surface area contributed by atoms with Gasteiger partial charge in [-0.15, -0.1) is 0 Å². The Balaban J connectivity index is 1.79. The highest BCUT2D eigenvalue weighted by atomic mass is 32.2. The van der Waals surface area contributed by atoms with Crippen LogP contribution in [0.5, 0.6) is 0 Å². The van der Waals surface area contributed by atoms with Crippen molar-refractivity contribution in [3.63, 3.8) is 0 Å². The van der Waals surface area contributed by atoms with Gasteiger partial charge in [-0.25, -0.2) is 14.7 Å². The minimum atomic E-state index is -4.55. The summed E-state index contributed by atoms with van der Waals surface area (Å²) < 4.78 is 68.4. The van der Waals surface area contributed by atoms with Crippen LogP contribution in [0.4, 0.5) is 24.8 Å². The molecule has 1 atom stereocenters. The van der Waals surface area contributed by atoms with Crippen LogP contribution in [0, 0.1) is 5.92 Å². The summed E-state index contributed by atoms with van der Waals surface area (Å²) in [5.74, 6) is -0.0453. The predicted molar refractivity (Wildman–Crippen MR) is 143 cm³/mol. The molecule has 0 radical (unpaired) electrons. The molecule has 1 aliphatic rings. The minimum absolute atomic E-state index is 0.0700. The van der Waals surface area contributed by atoms with Gasteiger partial charge in [0.25, 0.3) is 15.9 Å². The van der Waals surface area contributed by atoms with Crippen LogP contribution in [0.3, 0.4) is 0 Å². The standard InChI is InChI=1S/C27H30F3N5O3S/c1-17-14-26(2,3)35(16-17)24-21(13-19(15-31-24)18-8-6-9-20(12-18)27(28,29)30)25(36)33-39(37,38)23-11-7-10-22(32-23)34(4)5/h6-13,15,17H,14,16H2,1-5H3,(H,33,36). The van der Waals surface area contributed by atoms with E-state index in [9.17, 15) is 26.4 Å². The summed E-state index contributed by atoms with van der Waals surface area (Å²) in [4.78, 5) is 25.7. The van der Waals surface area contributed by atoms with Crippen molar-refractivity contribution < 1.29 is 26.4 Å². The van der Waals surface area contributed by atoms with Gasteiger partial charge in [-0.1, -0.05) is 25.1 Å². The molecule has 1 N–H and O–H groups in total. The highest BCUT2D eigenvalue weighted by Crippen LogP contribution is 2.39. The molecule has 39 heavy (non-hydrogen) atoms. The van der Waals surface area contributed by atoms with Crippen LogP contribution in [-0.4, -0.2) is 50.5 Å². The summed E-state index contributed by atoms with van der Waals surface area (Å²) in [6.45, 7) is 6.62. The number of aromatic nitrogens is 2. The monoisotopic (exact) mass is 561 g/mol. The number of sulfonamides is 1. The smallest absolute Gasteiger partial charge is 0.363 e. The molecular weight excluding hydrogens is 531 g/mol. The lowest BCUT2D eigenvalue weighted by atomic mass is 9.97. The first kappa shape index (κ1) is 28.3. The van der Waals surface area contributed by atoms with Crippen molar-refractivity contribution in [3.8, 4) is 11.1 Å². The Morgan fingerprint density at radius 3 is 2.41 bits per heavy atom. The van der Waals surface area contributed by atoms with Gasteiger partial charge in [-0.2, -0.15) is 21.6 Å². The highest BCUT2D eigenvalue weighted by molar-refractivity contribution is 7.90. The van der Waals surface area contributed by atoms with Gasteiger partial charge in [-0.05, 0) is 62.1 Å². The lowest BCUT2D eigenvalue weighted by molar-refractivity contribution is -0.137. The Labute approximate surface area is 225 Å². The number of carbonyl (C=O) groups excluding carboxylic acids is 1. The Morgan fingerprint density at radius 1 is 1.10 bits per heavy atom. The Bertz CT molecular complexity index is 1510. The number of pyridine rings is 2. The summed E-state index contributed by atoms with van der Waals surface area (Å²) in [5.41, 5.74) is -0.876. The molecule has 1 unspecified atom stereocenters. The van der Waals surface area contributed by atoms with Gasteiger partial charge in [0.1, 0.15) is 11.6 Å². The lowest BCUT2D eigenvalue weighted by Gasteiger charge is -2.33. The Morgan fingerprint density at radius 2 is 1.79 bits per heavy atom. The van der Waals surface area contributed by atoms with E-state index in [1.54, 1.807) is 25.1 Å². The fourth-order valence-corrected chi connectivity index (χ4v) is 5.79. The zero-order valence-electron chi connectivity index (χ0n) is 22.2. The van der Waals surface area contributed by atoms with Crippen LogP contribution in [0.1, 0.15) is 43.1 Å². The molecule has 1 fully saturated rings. The van der Waals surface area contributed by atoms with E-state index in [0.29, 0.717) is 12.4 Å².